The van der Waals surface area contributed by atoms with E-state index in [1.165, 1.54) is 0 Å². The molecule has 2 aromatic rings. The summed E-state index contributed by atoms with van der Waals surface area (Å²) in [5.41, 5.74) is 1.03. The Morgan fingerprint density at radius 3 is 2.60 bits per heavy atom. The fraction of sp³-hybridized carbons (Fsp3) is 0.400. The minimum absolute atomic E-state index is 0.204. The predicted molar refractivity (Wildman–Crippen MR) is 75.0 cm³/mol. The van der Waals surface area contributed by atoms with Gasteiger partial charge in [-0.15, -0.1) is 0 Å². The number of carbonyl (C=O) groups excluding carboxylic acids is 1. The van der Waals surface area contributed by atoms with Crippen molar-refractivity contribution in [1.29, 1.82) is 0 Å². The molecule has 0 atom stereocenters. The lowest BCUT2D eigenvalue weighted by atomic mass is 10.0. The zero-order valence-corrected chi connectivity index (χ0v) is 11.4. The molecule has 2 aromatic heterocycles. The fourth-order valence-corrected chi connectivity index (χ4v) is 2.66. The van der Waals surface area contributed by atoms with Crippen LogP contribution in [0.4, 0.5) is 0 Å². The molecule has 1 aliphatic rings. The minimum Gasteiger partial charge on any atom is -0.342 e. The highest BCUT2D eigenvalue weighted by Gasteiger charge is 2.23. The molecule has 5 nitrogen and oxygen atoms in total. The normalized spacial score (nSPS) is 16.3. The van der Waals surface area contributed by atoms with Gasteiger partial charge < -0.3 is 4.90 Å². The number of carbonyl (C=O) groups is 1. The van der Waals surface area contributed by atoms with E-state index in [9.17, 15) is 4.79 Å². The summed E-state index contributed by atoms with van der Waals surface area (Å²) in [6.07, 6.45) is 9.68. The Balaban J connectivity index is 1.54. The summed E-state index contributed by atoms with van der Waals surface area (Å²) < 4.78 is 2.00. The van der Waals surface area contributed by atoms with Crippen molar-refractivity contribution in [3.05, 3.63) is 48.5 Å². The summed E-state index contributed by atoms with van der Waals surface area (Å²) in [5, 5.41) is 4.28. The summed E-state index contributed by atoms with van der Waals surface area (Å²) in [7, 11) is 0. The topological polar surface area (TPSA) is 51.0 Å². The van der Waals surface area contributed by atoms with Gasteiger partial charge in [0.1, 0.15) is 0 Å². The van der Waals surface area contributed by atoms with E-state index in [-0.39, 0.29) is 5.91 Å². The first kappa shape index (κ1) is 12.8. The molecule has 0 spiro atoms. The Labute approximate surface area is 118 Å². The summed E-state index contributed by atoms with van der Waals surface area (Å²) in [6.45, 7) is 1.63. The summed E-state index contributed by atoms with van der Waals surface area (Å²) in [5.74, 6) is 0.204. The smallest absolute Gasteiger partial charge is 0.226 e. The quantitative estimate of drug-likeness (QED) is 0.852. The van der Waals surface area contributed by atoms with Crippen LogP contribution in [0.5, 0.6) is 0 Å². The first-order valence-electron chi connectivity index (χ1n) is 6.99. The summed E-state index contributed by atoms with van der Waals surface area (Å²) in [4.78, 5) is 18.2. The highest BCUT2D eigenvalue weighted by molar-refractivity contribution is 5.78. The second-order valence-electron chi connectivity index (χ2n) is 5.13. The van der Waals surface area contributed by atoms with Crippen molar-refractivity contribution in [2.24, 2.45) is 0 Å². The molecule has 0 bridgehead atoms. The van der Waals surface area contributed by atoms with E-state index < -0.39 is 0 Å². The van der Waals surface area contributed by atoms with Crippen molar-refractivity contribution < 1.29 is 4.79 Å². The number of rotatable bonds is 3. The van der Waals surface area contributed by atoms with E-state index in [4.69, 9.17) is 0 Å². The van der Waals surface area contributed by atoms with Crippen LogP contribution in [-0.4, -0.2) is 38.7 Å². The van der Waals surface area contributed by atoms with Crippen molar-refractivity contribution in [3.63, 3.8) is 0 Å². The Morgan fingerprint density at radius 1 is 1.20 bits per heavy atom. The van der Waals surface area contributed by atoms with Gasteiger partial charge in [0.25, 0.3) is 0 Å². The van der Waals surface area contributed by atoms with Crippen molar-refractivity contribution in [2.45, 2.75) is 25.3 Å². The van der Waals surface area contributed by atoms with Gasteiger partial charge >= 0.3 is 0 Å². The maximum Gasteiger partial charge on any atom is 0.226 e. The Kier molecular flexibility index (Phi) is 3.76. The van der Waals surface area contributed by atoms with E-state index in [1.54, 1.807) is 18.6 Å². The lowest BCUT2D eigenvalue weighted by Gasteiger charge is -2.32. The van der Waals surface area contributed by atoms with Gasteiger partial charge in [-0.1, -0.05) is 0 Å². The van der Waals surface area contributed by atoms with Crippen molar-refractivity contribution >= 4 is 5.91 Å². The van der Waals surface area contributed by atoms with E-state index >= 15 is 0 Å². The van der Waals surface area contributed by atoms with Crippen molar-refractivity contribution in [3.8, 4) is 0 Å². The van der Waals surface area contributed by atoms with Crippen LogP contribution >= 0.6 is 0 Å². The molecule has 104 valence electrons. The minimum atomic E-state index is 0.204. The van der Waals surface area contributed by atoms with Gasteiger partial charge in [0, 0.05) is 37.9 Å². The molecule has 1 fully saturated rings. The lowest BCUT2D eigenvalue weighted by Crippen LogP contribution is -2.39. The standard InChI is InChI=1S/C15H18N4O/c20-15(12-13-2-7-16-8-3-13)18-10-4-14(5-11-18)19-9-1-6-17-19/h1-3,6-9,14H,4-5,10-12H2. The van der Waals surface area contributed by atoms with Crippen LogP contribution in [0, 0.1) is 0 Å². The first-order chi connectivity index (χ1) is 9.83. The zero-order valence-electron chi connectivity index (χ0n) is 11.4. The van der Waals surface area contributed by atoms with E-state index in [2.05, 4.69) is 10.1 Å². The molecule has 3 rings (SSSR count). The van der Waals surface area contributed by atoms with Crippen LogP contribution in [0.2, 0.25) is 0 Å². The van der Waals surface area contributed by atoms with E-state index in [0.29, 0.717) is 12.5 Å². The van der Waals surface area contributed by atoms with E-state index in [0.717, 1.165) is 31.5 Å². The van der Waals surface area contributed by atoms with Gasteiger partial charge in [-0.2, -0.15) is 5.10 Å². The van der Waals surface area contributed by atoms with Gasteiger partial charge in [-0.3, -0.25) is 14.5 Å². The molecule has 0 unspecified atom stereocenters. The number of piperidine rings is 1. The molecule has 0 saturated carbocycles. The fourth-order valence-electron chi connectivity index (χ4n) is 2.66. The van der Waals surface area contributed by atoms with Gasteiger partial charge in [-0.25, -0.2) is 0 Å². The van der Waals surface area contributed by atoms with Gasteiger partial charge in [0.05, 0.1) is 12.5 Å². The molecule has 0 N–H and O–H groups in total. The van der Waals surface area contributed by atoms with Crippen molar-refractivity contribution in [2.75, 3.05) is 13.1 Å². The first-order valence-corrected chi connectivity index (χ1v) is 6.99. The molecule has 1 amide bonds. The van der Waals surface area contributed by atoms with Crippen LogP contribution in [0.25, 0.3) is 0 Å². The average molecular weight is 270 g/mol. The van der Waals surface area contributed by atoms with Gasteiger partial charge in [-0.05, 0) is 36.6 Å². The van der Waals surface area contributed by atoms with Gasteiger partial charge in [0.15, 0.2) is 0 Å². The molecule has 0 aromatic carbocycles. The third-order valence-electron chi connectivity index (χ3n) is 3.82. The number of pyridine rings is 1. The monoisotopic (exact) mass is 270 g/mol. The highest BCUT2D eigenvalue weighted by Crippen LogP contribution is 2.21. The zero-order chi connectivity index (χ0) is 13.8. The van der Waals surface area contributed by atoms with Crippen LogP contribution < -0.4 is 0 Å². The molecular formula is C15H18N4O. The number of likely N-dealkylation sites (tertiary alicyclic amines) is 1. The molecule has 20 heavy (non-hydrogen) atoms. The number of hydrogen-bond acceptors (Lipinski definition) is 3. The van der Waals surface area contributed by atoms with Crippen molar-refractivity contribution in [1.82, 2.24) is 19.7 Å². The molecule has 0 aliphatic carbocycles. The second-order valence-corrected chi connectivity index (χ2v) is 5.13. The molecule has 3 heterocycles. The van der Waals surface area contributed by atoms with E-state index in [1.807, 2.05) is 34.0 Å². The van der Waals surface area contributed by atoms with Crippen LogP contribution in [0.3, 0.4) is 0 Å². The lowest BCUT2D eigenvalue weighted by molar-refractivity contribution is -0.131. The Hall–Kier alpha value is -2.17. The second kappa shape index (κ2) is 5.86. The van der Waals surface area contributed by atoms with Gasteiger partial charge in [0.2, 0.25) is 5.91 Å². The largest absolute Gasteiger partial charge is 0.342 e. The van der Waals surface area contributed by atoms with Crippen LogP contribution in [-0.2, 0) is 11.2 Å². The number of hydrogen-bond donors (Lipinski definition) is 0. The molecule has 5 heteroatoms. The maximum atomic E-state index is 12.2. The number of aromatic nitrogens is 3. The highest BCUT2D eigenvalue weighted by atomic mass is 16.2. The number of amides is 1. The molecular weight excluding hydrogens is 252 g/mol. The maximum absolute atomic E-state index is 12.2. The average Bonchev–Trinajstić information content (AvgIpc) is 3.03. The number of nitrogens with zero attached hydrogens (tertiary/aromatic N) is 4. The molecule has 1 aliphatic heterocycles. The SMILES string of the molecule is O=C(Cc1ccncc1)N1CCC(n2cccn2)CC1. The summed E-state index contributed by atoms with van der Waals surface area (Å²) >= 11 is 0. The summed E-state index contributed by atoms with van der Waals surface area (Å²) in [6, 6.07) is 6.17. The third kappa shape index (κ3) is 2.87. The van der Waals surface area contributed by atoms with Crippen LogP contribution in [0.1, 0.15) is 24.4 Å². The third-order valence-corrected chi connectivity index (χ3v) is 3.82. The molecule has 1 saturated heterocycles. The van der Waals surface area contributed by atoms with Crippen LogP contribution in [0.15, 0.2) is 43.0 Å². The Bertz CT molecular complexity index is 545. The molecule has 0 radical (unpaired) electrons. The Morgan fingerprint density at radius 2 is 1.95 bits per heavy atom. The predicted octanol–water partition coefficient (Wildman–Crippen LogP) is 1.68.